The van der Waals surface area contributed by atoms with E-state index in [1.165, 1.54) is 6.20 Å². The van der Waals surface area contributed by atoms with Crippen molar-refractivity contribution in [2.75, 3.05) is 0 Å². The molecule has 1 heterocycles. The second kappa shape index (κ2) is 4.64. The summed E-state index contributed by atoms with van der Waals surface area (Å²) in [5, 5.41) is 9.64. The SMILES string of the molecule is OC(CCc1cnccc1C(F)(F)F)C1CC1. The number of aliphatic hydroxyl groups is 1. The minimum absolute atomic E-state index is 0.166. The molecule has 2 rings (SSSR count). The van der Waals surface area contributed by atoms with Gasteiger partial charge in [0.05, 0.1) is 11.7 Å². The fraction of sp³-hybridized carbons (Fsp3) is 0.583. The Balaban J connectivity index is 2.04. The lowest BCUT2D eigenvalue weighted by atomic mass is 10.0. The third-order valence-electron chi connectivity index (χ3n) is 3.08. The van der Waals surface area contributed by atoms with Gasteiger partial charge in [0.25, 0.3) is 0 Å². The summed E-state index contributed by atoms with van der Waals surface area (Å²) in [6.07, 6.45) is 0.131. The van der Waals surface area contributed by atoms with Gasteiger partial charge in [0.1, 0.15) is 0 Å². The highest BCUT2D eigenvalue weighted by atomic mass is 19.4. The van der Waals surface area contributed by atoms with E-state index in [4.69, 9.17) is 0 Å². The summed E-state index contributed by atoms with van der Waals surface area (Å²) in [5.74, 6) is 0.293. The lowest BCUT2D eigenvalue weighted by Crippen LogP contribution is -2.14. The van der Waals surface area contributed by atoms with E-state index in [1.807, 2.05) is 0 Å². The van der Waals surface area contributed by atoms with E-state index in [2.05, 4.69) is 4.98 Å². The molecule has 0 saturated heterocycles. The molecule has 0 amide bonds. The minimum Gasteiger partial charge on any atom is -0.393 e. The van der Waals surface area contributed by atoms with Crippen LogP contribution in [-0.4, -0.2) is 16.2 Å². The molecule has 0 aliphatic heterocycles. The van der Waals surface area contributed by atoms with Crippen LogP contribution in [0.3, 0.4) is 0 Å². The van der Waals surface area contributed by atoms with Gasteiger partial charge in [0.2, 0.25) is 0 Å². The third-order valence-corrected chi connectivity index (χ3v) is 3.08. The quantitative estimate of drug-likeness (QED) is 0.884. The zero-order valence-corrected chi connectivity index (χ0v) is 9.24. The molecule has 1 N–H and O–H groups in total. The van der Waals surface area contributed by atoms with E-state index in [0.717, 1.165) is 25.1 Å². The number of nitrogens with zero attached hydrogens (tertiary/aromatic N) is 1. The van der Waals surface area contributed by atoms with Crippen molar-refractivity contribution in [1.82, 2.24) is 4.98 Å². The van der Waals surface area contributed by atoms with Crippen molar-refractivity contribution in [1.29, 1.82) is 0 Å². The zero-order chi connectivity index (χ0) is 12.5. The van der Waals surface area contributed by atoms with Crippen LogP contribution in [0.15, 0.2) is 18.5 Å². The molecule has 1 aromatic rings. The molecular formula is C12H14F3NO. The zero-order valence-electron chi connectivity index (χ0n) is 9.24. The number of hydrogen-bond donors (Lipinski definition) is 1. The standard InChI is InChI=1S/C12H14F3NO/c13-12(14,15)10-5-6-16-7-9(10)3-4-11(17)8-1-2-8/h5-8,11,17H,1-4H2. The molecule has 1 unspecified atom stereocenters. The molecule has 1 aliphatic carbocycles. The smallest absolute Gasteiger partial charge is 0.393 e. The summed E-state index contributed by atoms with van der Waals surface area (Å²) in [7, 11) is 0. The summed E-state index contributed by atoms with van der Waals surface area (Å²) in [4.78, 5) is 3.72. The van der Waals surface area contributed by atoms with Gasteiger partial charge >= 0.3 is 6.18 Å². The first-order chi connectivity index (χ1) is 7.98. The molecule has 5 heteroatoms. The monoisotopic (exact) mass is 245 g/mol. The number of aryl methyl sites for hydroxylation is 1. The van der Waals surface area contributed by atoms with Crippen molar-refractivity contribution in [3.8, 4) is 0 Å². The highest BCUT2D eigenvalue weighted by Gasteiger charge is 2.34. The topological polar surface area (TPSA) is 33.1 Å². The van der Waals surface area contributed by atoms with Gasteiger partial charge in [-0.3, -0.25) is 4.98 Å². The molecule has 94 valence electrons. The molecule has 2 nitrogen and oxygen atoms in total. The molecule has 17 heavy (non-hydrogen) atoms. The van der Waals surface area contributed by atoms with Crippen LogP contribution in [0.5, 0.6) is 0 Å². The average Bonchev–Trinajstić information content (AvgIpc) is 3.08. The number of alkyl halides is 3. The number of aromatic nitrogens is 1. The lowest BCUT2D eigenvalue weighted by Gasteiger charge is -2.13. The fourth-order valence-electron chi connectivity index (χ4n) is 1.92. The van der Waals surface area contributed by atoms with E-state index in [9.17, 15) is 18.3 Å². The van der Waals surface area contributed by atoms with Crippen LogP contribution >= 0.6 is 0 Å². The Kier molecular flexibility index (Phi) is 3.38. The van der Waals surface area contributed by atoms with Crippen molar-refractivity contribution >= 4 is 0 Å². The number of hydrogen-bond acceptors (Lipinski definition) is 2. The second-order valence-electron chi connectivity index (χ2n) is 4.47. The molecule has 1 atom stereocenters. The maximum Gasteiger partial charge on any atom is 0.416 e. The Morgan fingerprint density at radius 3 is 2.71 bits per heavy atom. The summed E-state index contributed by atoms with van der Waals surface area (Å²) < 4.78 is 38.0. The van der Waals surface area contributed by atoms with Crippen molar-refractivity contribution < 1.29 is 18.3 Å². The first-order valence-electron chi connectivity index (χ1n) is 5.66. The van der Waals surface area contributed by atoms with Gasteiger partial charge in [-0.2, -0.15) is 13.2 Å². The Morgan fingerprint density at radius 1 is 1.41 bits per heavy atom. The maximum absolute atomic E-state index is 12.7. The average molecular weight is 245 g/mol. The van der Waals surface area contributed by atoms with E-state index in [0.29, 0.717) is 12.3 Å². The van der Waals surface area contributed by atoms with Crippen molar-refractivity contribution in [2.24, 2.45) is 5.92 Å². The molecule has 0 radical (unpaired) electrons. The van der Waals surface area contributed by atoms with Crippen LogP contribution in [0, 0.1) is 5.92 Å². The van der Waals surface area contributed by atoms with Crippen LogP contribution in [0.25, 0.3) is 0 Å². The van der Waals surface area contributed by atoms with Gasteiger partial charge in [0, 0.05) is 12.4 Å². The van der Waals surface area contributed by atoms with Crippen molar-refractivity contribution in [2.45, 2.75) is 38.0 Å². The van der Waals surface area contributed by atoms with Gasteiger partial charge in [-0.1, -0.05) is 0 Å². The van der Waals surface area contributed by atoms with Gasteiger partial charge < -0.3 is 5.11 Å². The molecule has 0 spiro atoms. The van der Waals surface area contributed by atoms with Gasteiger partial charge in [-0.15, -0.1) is 0 Å². The van der Waals surface area contributed by atoms with E-state index in [-0.39, 0.29) is 12.0 Å². The van der Waals surface area contributed by atoms with Crippen molar-refractivity contribution in [3.05, 3.63) is 29.6 Å². The Morgan fingerprint density at radius 2 is 2.12 bits per heavy atom. The molecule has 1 aromatic heterocycles. The molecule has 1 saturated carbocycles. The largest absolute Gasteiger partial charge is 0.416 e. The highest BCUT2D eigenvalue weighted by molar-refractivity contribution is 5.26. The normalized spacial score (nSPS) is 18.1. The number of aliphatic hydroxyl groups excluding tert-OH is 1. The Bertz CT molecular complexity index is 388. The Labute approximate surface area is 97.5 Å². The van der Waals surface area contributed by atoms with Crippen LogP contribution in [0.1, 0.15) is 30.4 Å². The molecule has 0 bridgehead atoms. The van der Waals surface area contributed by atoms with Crippen LogP contribution in [-0.2, 0) is 12.6 Å². The second-order valence-corrected chi connectivity index (χ2v) is 4.47. The van der Waals surface area contributed by atoms with Crippen molar-refractivity contribution in [3.63, 3.8) is 0 Å². The Hall–Kier alpha value is -1.10. The predicted octanol–water partition coefficient (Wildman–Crippen LogP) is 2.80. The molecule has 0 aromatic carbocycles. The van der Waals surface area contributed by atoms with Gasteiger partial charge in [-0.05, 0) is 43.2 Å². The summed E-state index contributed by atoms with van der Waals surface area (Å²) >= 11 is 0. The van der Waals surface area contributed by atoms with E-state index >= 15 is 0 Å². The first kappa shape index (κ1) is 12.4. The molecule has 1 fully saturated rings. The predicted molar refractivity (Wildman–Crippen MR) is 56.3 cm³/mol. The number of rotatable bonds is 4. The van der Waals surface area contributed by atoms with E-state index in [1.54, 1.807) is 0 Å². The lowest BCUT2D eigenvalue weighted by molar-refractivity contribution is -0.138. The molecule has 1 aliphatic rings. The summed E-state index contributed by atoms with van der Waals surface area (Å²) in [6.45, 7) is 0. The number of pyridine rings is 1. The minimum atomic E-state index is -4.34. The van der Waals surface area contributed by atoms with Crippen LogP contribution < -0.4 is 0 Å². The van der Waals surface area contributed by atoms with Crippen LogP contribution in [0.2, 0.25) is 0 Å². The first-order valence-corrected chi connectivity index (χ1v) is 5.66. The summed E-state index contributed by atoms with van der Waals surface area (Å²) in [5.41, 5.74) is -0.477. The highest BCUT2D eigenvalue weighted by Crippen LogP contribution is 2.36. The maximum atomic E-state index is 12.7. The van der Waals surface area contributed by atoms with Crippen LogP contribution in [0.4, 0.5) is 13.2 Å². The molecular weight excluding hydrogens is 231 g/mol. The van der Waals surface area contributed by atoms with Gasteiger partial charge in [-0.25, -0.2) is 0 Å². The van der Waals surface area contributed by atoms with E-state index < -0.39 is 17.8 Å². The third kappa shape index (κ3) is 3.19. The van der Waals surface area contributed by atoms with Gasteiger partial charge in [0.15, 0.2) is 0 Å². The summed E-state index contributed by atoms with van der Waals surface area (Å²) in [6, 6.07) is 0.985. The number of halogens is 3. The fourth-order valence-corrected chi connectivity index (χ4v) is 1.92.